The number of allylic oxidation sites excluding steroid dienone is 1. The molecule has 0 amide bonds. The van der Waals surface area contributed by atoms with Crippen LogP contribution < -0.4 is 24.0 Å². The van der Waals surface area contributed by atoms with E-state index in [1.54, 1.807) is 0 Å². The average molecular weight is 162 g/mol. The minimum absolute atomic E-state index is 0. The van der Waals surface area contributed by atoms with Gasteiger partial charge in [0, 0.05) is 0 Å². The quantitative estimate of drug-likeness (QED) is 0.284. The zero-order chi connectivity index (χ0) is 8.53. The molecule has 0 aromatic carbocycles. The summed E-state index contributed by atoms with van der Waals surface area (Å²) in [6, 6.07) is 0. The minimum atomic E-state index is 0. The third kappa shape index (κ3) is 12.8. The van der Waals surface area contributed by atoms with E-state index in [0.29, 0.717) is 6.42 Å². The first-order valence-corrected chi connectivity index (χ1v) is 4.62. The van der Waals surface area contributed by atoms with Gasteiger partial charge in [-0.3, -0.25) is 0 Å². The predicted molar refractivity (Wildman–Crippen MR) is 47.1 cm³/mol. The van der Waals surface area contributed by atoms with E-state index < -0.39 is 0 Å². The molecule has 66 valence electrons. The Balaban J connectivity index is 0. The van der Waals surface area contributed by atoms with E-state index in [1.807, 2.05) is 0 Å². The molecule has 0 spiro atoms. The molecule has 0 aliphatic rings. The second-order valence-corrected chi connectivity index (χ2v) is 3.06. The third-order valence-corrected chi connectivity index (χ3v) is 1.81. The molecule has 0 rings (SSSR count). The SMILES string of the molecule is C=C([O-])CCCCCCCC.[Li+]. The Bertz CT molecular complexity index is 102. The molecule has 0 aliphatic carbocycles. The Morgan fingerprint density at radius 2 is 1.58 bits per heavy atom. The van der Waals surface area contributed by atoms with Crippen molar-refractivity contribution < 1.29 is 24.0 Å². The van der Waals surface area contributed by atoms with Crippen LogP contribution in [0.3, 0.4) is 0 Å². The molecule has 1 nitrogen and oxygen atoms in total. The Morgan fingerprint density at radius 1 is 1.08 bits per heavy atom. The summed E-state index contributed by atoms with van der Waals surface area (Å²) in [6.07, 6.45) is 8.12. The largest absolute Gasteiger partial charge is 1.00 e. The summed E-state index contributed by atoms with van der Waals surface area (Å²) >= 11 is 0. The molecular formula is C10H19LiO. The maximum Gasteiger partial charge on any atom is 1.00 e. The van der Waals surface area contributed by atoms with Crippen LogP contribution in [0.2, 0.25) is 0 Å². The normalized spacial score (nSPS) is 9.08. The first-order chi connectivity index (χ1) is 5.27. The van der Waals surface area contributed by atoms with Gasteiger partial charge in [0.1, 0.15) is 0 Å². The van der Waals surface area contributed by atoms with E-state index >= 15 is 0 Å². The van der Waals surface area contributed by atoms with E-state index in [0.717, 1.165) is 6.42 Å². The predicted octanol–water partition coefficient (Wildman–Crippen LogP) is -0.385. The van der Waals surface area contributed by atoms with Crippen LogP contribution in [-0.4, -0.2) is 0 Å². The molecule has 0 aliphatic heterocycles. The molecule has 0 aromatic rings. The van der Waals surface area contributed by atoms with Gasteiger partial charge in [0.2, 0.25) is 0 Å². The van der Waals surface area contributed by atoms with Crippen LogP contribution in [0.4, 0.5) is 0 Å². The molecule has 0 heterocycles. The molecule has 12 heavy (non-hydrogen) atoms. The Morgan fingerprint density at radius 3 is 2.08 bits per heavy atom. The summed E-state index contributed by atoms with van der Waals surface area (Å²) in [5, 5.41) is 10.4. The van der Waals surface area contributed by atoms with Gasteiger partial charge in [-0.15, -0.1) is 12.3 Å². The summed E-state index contributed by atoms with van der Waals surface area (Å²) in [6.45, 7) is 5.54. The van der Waals surface area contributed by atoms with Crippen molar-refractivity contribution in [3.63, 3.8) is 0 Å². The number of unbranched alkanes of at least 4 members (excludes halogenated alkanes) is 5. The molecule has 0 aromatic heterocycles. The van der Waals surface area contributed by atoms with Crippen molar-refractivity contribution in [2.24, 2.45) is 0 Å². The Labute approximate surface area is 88.4 Å². The van der Waals surface area contributed by atoms with Gasteiger partial charge >= 0.3 is 18.9 Å². The molecule has 0 unspecified atom stereocenters. The molecular weight excluding hydrogens is 143 g/mol. The van der Waals surface area contributed by atoms with Crippen LogP contribution in [0.25, 0.3) is 0 Å². The van der Waals surface area contributed by atoms with Crippen molar-refractivity contribution in [2.75, 3.05) is 0 Å². The molecule has 0 saturated heterocycles. The van der Waals surface area contributed by atoms with Crippen molar-refractivity contribution >= 4 is 0 Å². The summed E-state index contributed by atoms with van der Waals surface area (Å²) in [5.41, 5.74) is 0. The van der Waals surface area contributed by atoms with Crippen molar-refractivity contribution in [3.05, 3.63) is 12.3 Å². The average Bonchev–Trinajstić information content (AvgIpc) is 1.96. The maximum atomic E-state index is 10.4. The van der Waals surface area contributed by atoms with Gasteiger partial charge in [-0.2, -0.15) is 0 Å². The molecule has 0 radical (unpaired) electrons. The van der Waals surface area contributed by atoms with Crippen molar-refractivity contribution in [2.45, 2.75) is 51.9 Å². The second-order valence-electron chi connectivity index (χ2n) is 3.06. The Hall–Kier alpha value is 0.137. The molecule has 0 bridgehead atoms. The first-order valence-electron chi connectivity index (χ1n) is 4.62. The third-order valence-electron chi connectivity index (χ3n) is 1.81. The van der Waals surface area contributed by atoms with Crippen molar-refractivity contribution in [1.29, 1.82) is 0 Å². The van der Waals surface area contributed by atoms with Crippen LogP contribution in [0.5, 0.6) is 0 Å². The fourth-order valence-corrected chi connectivity index (χ4v) is 1.10. The van der Waals surface area contributed by atoms with Crippen LogP contribution >= 0.6 is 0 Å². The standard InChI is InChI=1S/C10H20O.Li/c1-3-4-5-6-7-8-9-10(2)11;/h11H,2-9H2,1H3;/q;+1/p-1. The van der Waals surface area contributed by atoms with Crippen LogP contribution in [0.15, 0.2) is 12.3 Å². The van der Waals surface area contributed by atoms with Gasteiger partial charge in [-0.05, 0) is 6.42 Å². The minimum Gasteiger partial charge on any atom is -0.876 e. The van der Waals surface area contributed by atoms with Crippen LogP contribution in [-0.2, 0) is 0 Å². The summed E-state index contributed by atoms with van der Waals surface area (Å²) in [7, 11) is 0. The molecule has 2 heteroatoms. The second kappa shape index (κ2) is 11.1. The van der Waals surface area contributed by atoms with Crippen LogP contribution in [0.1, 0.15) is 51.9 Å². The number of hydrogen-bond acceptors (Lipinski definition) is 1. The van der Waals surface area contributed by atoms with Crippen molar-refractivity contribution in [3.8, 4) is 0 Å². The smallest absolute Gasteiger partial charge is 0.876 e. The van der Waals surface area contributed by atoms with E-state index in [9.17, 15) is 5.11 Å². The Kier molecular flexibility index (Phi) is 13.6. The molecule has 0 N–H and O–H groups in total. The van der Waals surface area contributed by atoms with E-state index in [4.69, 9.17) is 0 Å². The first kappa shape index (κ1) is 14.7. The summed E-state index contributed by atoms with van der Waals surface area (Å²) < 4.78 is 0. The van der Waals surface area contributed by atoms with Gasteiger partial charge < -0.3 is 5.11 Å². The maximum absolute atomic E-state index is 10.4. The topological polar surface area (TPSA) is 23.1 Å². The zero-order valence-corrected chi connectivity index (χ0v) is 8.57. The van der Waals surface area contributed by atoms with Gasteiger partial charge in [0.15, 0.2) is 0 Å². The van der Waals surface area contributed by atoms with Gasteiger partial charge in [-0.25, -0.2) is 0 Å². The summed E-state index contributed by atoms with van der Waals surface area (Å²) in [5.74, 6) is 0.0838. The van der Waals surface area contributed by atoms with Crippen molar-refractivity contribution in [1.82, 2.24) is 0 Å². The fraction of sp³-hybridized carbons (Fsp3) is 0.800. The number of hydrogen-bond donors (Lipinski definition) is 0. The van der Waals surface area contributed by atoms with Crippen LogP contribution in [0, 0.1) is 0 Å². The molecule has 0 saturated carbocycles. The monoisotopic (exact) mass is 162 g/mol. The van der Waals surface area contributed by atoms with Gasteiger partial charge in [0.25, 0.3) is 0 Å². The summed E-state index contributed by atoms with van der Waals surface area (Å²) in [4.78, 5) is 0. The van der Waals surface area contributed by atoms with E-state index in [-0.39, 0.29) is 24.6 Å². The zero-order valence-electron chi connectivity index (χ0n) is 8.57. The van der Waals surface area contributed by atoms with E-state index in [2.05, 4.69) is 13.5 Å². The van der Waals surface area contributed by atoms with Gasteiger partial charge in [0.05, 0.1) is 0 Å². The molecule has 0 fully saturated rings. The fourth-order valence-electron chi connectivity index (χ4n) is 1.10. The van der Waals surface area contributed by atoms with E-state index in [1.165, 1.54) is 32.1 Å². The van der Waals surface area contributed by atoms with Gasteiger partial charge in [-0.1, -0.05) is 45.4 Å². The number of rotatable bonds is 7. The molecule has 0 atom stereocenters.